The predicted molar refractivity (Wildman–Crippen MR) is 87.9 cm³/mol. The number of rotatable bonds is 3. The average Bonchev–Trinajstić information content (AvgIpc) is 3.16. The summed E-state index contributed by atoms with van der Waals surface area (Å²) in [6.45, 7) is 0.657. The number of H-pyrrole nitrogens is 1. The van der Waals surface area contributed by atoms with Crippen molar-refractivity contribution < 1.29 is 14.7 Å². The van der Waals surface area contributed by atoms with E-state index in [2.05, 4.69) is 10.2 Å². The molecule has 0 spiro atoms. The number of benzene rings is 1. The van der Waals surface area contributed by atoms with Gasteiger partial charge in [0.05, 0.1) is 23.4 Å². The Hall–Kier alpha value is -2.05. The molecule has 1 amide bonds. The van der Waals surface area contributed by atoms with Crippen LogP contribution in [0.4, 0.5) is 0 Å². The van der Waals surface area contributed by atoms with Gasteiger partial charge in [-0.25, -0.2) is 0 Å². The first-order chi connectivity index (χ1) is 10.6. The molecule has 1 aromatic carbocycles. The summed E-state index contributed by atoms with van der Waals surface area (Å²) in [6, 6.07) is 7.17. The van der Waals surface area contributed by atoms with E-state index in [0.717, 1.165) is 0 Å². The number of carboxylic acid groups (broad SMARTS) is 1. The van der Waals surface area contributed by atoms with Gasteiger partial charge >= 0.3 is 5.97 Å². The molecule has 0 saturated carbocycles. The zero-order chi connectivity index (χ0) is 15.7. The molecular weight excluding hydrogens is 341 g/mol. The molecule has 1 aliphatic rings. The summed E-state index contributed by atoms with van der Waals surface area (Å²) in [5.41, 5.74) is 1.65. The molecule has 122 valence electrons. The molecule has 23 heavy (non-hydrogen) atoms. The molecule has 1 atom stereocenters. The van der Waals surface area contributed by atoms with Gasteiger partial charge in [-0.3, -0.25) is 14.7 Å². The van der Waals surface area contributed by atoms with Crippen molar-refractivity contribution in [1.82, 2.24) is 15.1 Å². The summed E-state index contributed by atoms with van der Waals surface area (Å²) in [5.74, 6) is -1.60. The monoisotopic (exact) mass is 355 g/mol. The number of likely N-dealkylation sites (tertiary alicyclic amines) is 1. The number of amides is 1. The first-order valence-corrected chi connectivity index (χ1v) is 7.26. The molecular formula is C15H15Cl2N3O3. The Labute approximate surface area is 143 Å². The first-order valence-electron chi connectivity index (χ1n) is 6.88. The highest BCUT2D eigenvalue weighted by Crippen LogP contribution is 2.30. The number of carboxylic acids is 1. The highest BCUT2D eigenvalue weighted by molar-refractivity contribution is 6.33. The number of aliphatic carboxylic acids is 1. The van der Waals surface area contributed by atoms with Crippen LogP contribution >= 0.6 is 24.0 Å². The van der Waals surface area contributed by atoms with Crippen LogP contribution in [-0.4, -0.2) is 45.2 Å². The second-order valence-corrected chi connectivity index (χ2v) is 5.62. The van der Waals surface area contributed by atoms with Crippen molar-refractivity contribution in [2.45, 2.75) is 6.42 Å². The number of halogens is 2. The van der Waals surface area contributed by atoms with Crippen molar-refractivity contribution in [3.8, 4) is 11.3 Å². The number of aromatic amines is 1. The fourth-order valence-corrected chi connectivity index (χ4v) is 2.86. The van der Waals surface area contributed by atoms with E-state index >= 15 is 0 Å². The van der Waals surface area contributed by atoms with Crippen LogP contribution in [0.15, 0.2) is 30.5 Å². The minimum atomic E-state index is -0.867. The van der Waals surface area contributed by atoms with E-state index in [1.807, 2.05) is 12.1 Å². The summed E-state index contributed by atoms with van der Waals surface area (Å²) < 4.78 is 0. The number of carbonyl (C=O) groups is 2. The summed E-state index contributed by atoms with van der Waals surface area (Å²) in [6.07, 6.45) is 1.93. The molecule has 1 fully saturated rings. The normalized spacial score (nSPS) is 16.9. The minimum Gasteiger partial charge on any atom is -0.481 e. The van der Waals surface area contributed by atoms with E-state index in [9.17, 15) is 9.59 Å². The van der Waals surface area contributed by atoms with Crippen molar-refractivity contribution in [1.29, 1.82) is 0 Å². The first kappa shape index (κ1) is 17.3. The van der Waals surface area contributed by atoms with Crippen molar-refractivity contribution in [2.24, 2.45) is 5.92 Å². The molecule has 8 heteroatoms. The molecule has 0 aliphatic carbocycles. The molecule has 1 unspecified atom stereocenters. The van der Waals surface area contributed by atoms with Crippen molar-refractivity contribution in [3.05, 3.63) is 41.0 Å². The molecule has 2 heterocycles. The molecule has 2 N–H and O–H groups in total. The Morgan fingerprint density at radius 3 is 2.74 bits per heavy atom. The number of hydrogen-bond acceptors (Lipinski definition) is 3. The van der Waals surface area contributed by atoms with Crippen LogP contribution in [0.2, 0.25) is 5.02 Å². The lowest BCUT2D eigenvalue weighted by molar-refractivity contribution is -0.141. The van der Waals surface area contributed by atoms with Gasteiger partial charge in [-0.1, -0.05) is 29.8 Å². The topological polar surface area (TPSA) is 86.3 Å². The van der Waals surface area contributed by atoms with E-state index in [1.54, 1.807) is 17.0 Å². The van der Waals surface area contributed by atoms with Crippen LogP contribution in [0.25, 0.3) is 11.3 Å². The molecule has 6 nitrogen and oxygen atoms in total. The van der Waals surface area contributed by atoms with Crippen molar-refractivity contribution >= 4 is 35.9 Å². The van der Waals surface area contributed by atoms with E-state index in [1.165, 1.54) is 6.20 Å². The second-order valence-electron chi connectivity index (χ2n) is 5.21. The van der Waals surface area contributed by atoms with Gasteiger partial charge in [0.1, 0.15) is 0 Å². The summed E-state index contributed by atoms with van der Waals surface area (Å²) >= 11 is 6.17. The second kappa shape index (κ2) is 7.02. The Kier molecular flexibility index (Phi) is 5.28. The Morgan fingerprint density at radius 2 is 2.09 bits per heavy atom. The largest absolute Gasteiger partial charge is 0.481 e. The molecule has 1 aromatic heterocycles. The van der Waals surface area contributed by atoms with Gasteiger partial charge < -0.3 is 10.0 Å². The van der Waals surface area contributed by atoms with Crippen LogP contribution in [0.3, 0.4) is 0 Å². The van der Waals surface area contributed by atoms with E-state index < -0.39 is 11.9 Å². The SMILES string of the molecule is Cl.O=C(O)C1CCN(C(=O)c2cn[nH]c2-c2ccccc2Cl)C1. The van der Waals surface area contributed by atoms with E-state index in [-0.39, 0.29) is 24.9 Å². The number of aromatic nitrogens is 2. The fraction of sp³-hybridized carbons (Fsp3) is 0.267. The van der Waals surface area contributed by atoms with Gasteiger partial charge in [0.25, 0.3) is 5.91 Å². The minimum absolute atomic E-state index is 0. The number of nitrogens with one attached hydrogen (secondary N) is 1. The van der Waals surface area contributed by atoms with Crippen molar-refractivity contribution in [3.63, 3.8) is 0 Å². The summed E-state index contributed by atoms with van der Waals surface area (Å²) in [5, 5.41) is 16.3. The zero-order valence-electron chi connectivity index (χ0n) is 12.0. The smallest absolute Gasteiger partial charge is 0.308 e. The quantitative estimate of drug-likeness (QED) is 0.885. The lowest BCUT2D eigenvalue weighted by Crippen LogP contribution is -2.30. The lowest BCUT2D eigenvalue weighted by Gasteiger charge is -2.16. The lowest BCUT2D eigenvalue weighted by atomic mass is 10.1. The van der Waals surface area contributed by atoms with Gasteiger partial charge in [-0.15, -0.1) is 12.4 Å². The molecule has 1 saturated heterocycles. The number of hydrogen-bond donors (Lipinski definition) is 2. The summed E-state index contributed by atoms with van der Waals surface area (Å²) in [4.78, 5) is 25.2. The third-order valence-electron chi connectivity index (χ3n) is 3.84. The molecule has 3 rings (SSSR count). The highest BCUT2D eigenvalue weighted by Gasteiger charge is 2.32. The van der Waals surface area contributed by atoms with Crippen LogP contribution in [0.1, 0.15) is 16.8 Å². The van der Waals surface area contributed by atoms with Gasteiger partial charge in [-0.05, 0) is 12.5 Å². The Morgan fingerprint density at radius 1 is 1.35 bits per heavy atom. The van der Waals surface area contributed by atoms with Crippen LogP contribution in [0, 0.1) is 5.92 Å². The maximum absolute atomic E-state index is 12.6. The van der Waals surface area contributed by atoms with Gasteiger partial charge in [0.2, 0.25) is 0 Å². The third-order valence-corrected chi connectivity index (χ3v) is 4.17. The number of nitrogens with zero attached hydrogens (tertiary/aromatic N) is 2. The molecule has 2 aromatic rings. The van der Waals surface area contributed by atoms with Crippen LogP contribution in [0.5, 0.6) is 0 Å². The Balaban J connectivity index is 0.00000192. The standard InChI is InChI=1S/C15H14ClN3O3.ClH/c16-12-4-2-1-3-10(12)13-11(7-17-18-13)14(20)19-6-5-9(8-19)15(21)22;/h1-4,7,9H,5-6,8H2,(H,17,18)(H,21,22);1H. The van der Waals surface area contributed by atoms with Crippen LogP contribution in [-0.2, 0) is 4.79 Å². The molecule has 1 aliphatic heterocycles. The van der Waals surface area contributed by atoms with E-state index in [4.69, 9.17) is 16.7 Å². The number of carbonyl (C=O) groups excluding carboxylic acids is 1. The van der Waals surface area contributed by atoms with Crippen molar-refractivity contribution in [2.75, 3.05) is 13.1 Å². The van der Waals surface area contributed by atoms with Gasteiger partial charge in [-0.2, -0.15) is 5.10 Å². The maximum Gasteiger partial charge on any atom is 0.308 e. The van der Waals surface area contributed by atoms with Gasteiger partial charge in [0, 0.05) is 23.7 Å². The zero-order valence-corrected chi connectivity index (χ0v) is 13.6. The maximum atomic E-state index is 12.6. The van der Waals surface area contributed by atoms with Gasteiger partial charge in [0.15, 0.2) is 0 Å². The molecule has 0 radical (unpaired) electrons. The third kappa shape index (κ3) is 3.33. The van der Waals surface area contributed by atoms with Crippen LogP contribution < -0.4 is 0 Å². The average molecular weight is 356 g/mol. The summed E-state index contributed by atoms with van der Waals surface area (Å²) in [7, 11) is 0. The fourth-order valence-electron chi connectivity index (χ4n) is 2.63. The Bertz CT molecular complexity index is 732. The highest BCUT2D eigenvalue weighted by atomic mass is 35.5. The van der Waals surface area contributed by atoms with E-state index in [0.29, 0.717) is 34.8 Å². The predicted octanol–water partition coefficient (Wildman–Crippen LogP) is 2.70. The molecule has 0 bridgehead atoms.